The number of hydrogen-bond donors (Lipinski definition) is 0. The van der Waals surface area contributed by atoms with Crippen LogP contribution in [-0.2, 0) is 19.1 Å². The molecule has 0 spiro atoms. The average molecular weight is 254 g/mol. The first-order valence-corrected chi connectivity index (χ1v) is 6.76. The Morgan fingerprint density at radius 2 is 1.94 bits per heavy atom. The van der Waals surface area contributed by atoms with Gasteiger partial charge in [0.05, 0.1) is 18.4 Å². The van der Waals surface area contributed by atoms with E-state index < -0.39 is 5.92 Å². The second kappa shape index (κ2) is 7.29. The highest BCUT2D eigenvalue weighted by Gasteiger charge is 2.28. The van der Waals surface area contributed by atoms with E-state index in [-0.39, 0.29) is 23.5 Å². The molecule has 4 nitrogen and oxygen atoms in total. The van der Waals surface area contributed by atoms with E-state index in [1.165, 1.54) is 6.92 Å². The van der Waals surface area contributed by atoms with Crippen LogP contribution in [0.15, 0.2) is 0 Å². The van der Waals surface area contributed by atoms with Crippen LogP contribution in [0.5, 0.6) is 0 Å². The molecule has 0 aromatic heterocycles. The molecule has 0 N–H and O–H groups in total. The number of carbonyl (C=O) groups is 3. The summed E-state index contributed by atoms with van der Waals surface area (Å²) in [5.74, 6) is -0.900. The molecule has 0 saturated heterocycles. The van der Waals surface area contributed by atoms with Gasteiger partial charge in [0.25, 0.3) is 0 Å². The van der Waals surface area contributed by atoms with Crippen LogP contribution in [0, 0.1) is 11.8 Å². The maximum atomic E-state index is 11.8. The van der Waals surface area contributed by atoms with Crippen molar-refractivity contribution in [2.24, 2.45) is 11.8 Å². The lowest BCUT2D eigenvalue weighted by Crippen LogP contribution is -2.23. The summed E-state index contributed by atoms with van der Waals surface area (Å²) in [6.07, 6.45) is 3.89. The molecule has 0 bridgehead atoms. The zero-order valence-electron chi connectivity index (χ0n) is 11.2. The average Bonchev–Trinajstić information content (AvgIpc) is 2.40. The van der Waals surface area contributed by atoms with Crippen molar-refractivity contribution in [2.45, 2.75) is 52.4 Å². The number of ketones is 2. The molecule has 0 aromatic carbocycles. The molecule has 18 heavy (non-hydrogen) atoms. The monoisotopic (exact) mass is 254 g/mol. The van der Waals surface area contributed by atoms with E-state index in [1.54, 1.807) is 6.92 Å². The van der Waals surface area contributed by atoms with Crippen LogP contribution < -0.4 is 0 Å². The van der Waals surface area contributed by atoms with Gasteiger partial charge in [-0.1, -0.05) is 6.42 Å². The molecule has 0 heterocycles. The Morgan fingerprint density at radius 3 is 2.56 bits per heavy atom. The molecule has 2 atom stereocenters. The summed E-state index contributed by atoms with van der Waals surface area (Å²) < 4.78 is 5.03. The fourth-order valence-corrected chi connectivity index (χ4v) is 2.46. The molecule has 0 aliphatic heterocycles. The van der Waals surface area contributed by atoms with Gasteiger partial charge in [-0.15, -0.1) is 0 Å². The molecule has 1 fully saturated rings. The summed E-state index contributed by atoms with van der Waals surface area (Å²) in [6.45, 7) is 3.62. The normalized spacial score (nSPS) is 25.8. The van der Waals surface area contributed by atoms with Gasteiger partial charge in [-0.25, -0.2) is 0 Å². The van der Waals surface area contributed by atoms with Gasteiger partial charge in [0.1, 0.15) is 11.6 Å². The molecule has 0 aromatic rings. The third kappa shape index (κ3) is 4.24. The zero-order chi connectivity index (χ0) is 13.5. The van der Waals surface area contributed by atoms with Crippen LogP contribution in [0.25, 0.3) is 0 Å². The van der Waals surface area contributed by atoms with E-state index in [1.807, 2.05) is 0 Å². The van der Waals surface area contributed by atoms with Crippen molar-refractivity contribution in [3.05, 3.63) is 0 Å². The van der Waals surface area contributed by atoms with Gasteiger partial charge in [-0.05, 0) is 39.5 Å². The predicted octanol–water partition coefficient (Wildman–Crippen LogP) is 2.29. The van der Waals surface area contributed by atoms with E-state index >= 15 is 0 Å². The van der Waals surface area contributed by atoms with E-state index in [0.717, 1.165) is 19.3 Å². The van der Waals surface area contributed by atoms with Gasteiger partial charge in [0, 0.05) is 6.42 Å². The summed E-state index contributed by atoms with van der Waals surface area (Å²) in [7, 11) is 0. The quantitative estimate of drug-likeness (QED) is 0.572. The predicted molar refractivity (Wildman–Crippen MR) is 67.0 cm³/mol. The van der Waals surface area contributed by atoms with Crippen LogP contribution in [0.2, 0.25) is 0 Å². The topological polar surface area (TPSA) is 60.4 Å². The number of esters is 1. The highest BCUT2D eigenvalue weighted by molar-refractivity contribution is 6.01. The molecular formula is C14H22O4. The first-order chi connectivity index (χ1) is 8.56. The second-order valence-corrected chi connectivity index (χ2v) is 4.90. The molecule has 1 aliphatic carbocycles. The molecule has 1 rings (SSSR count). The van der Waals surface area contributed by atoms with E-state index in [4.69, 9.17) is 4.74 Å². The van der Waals surface area contributed by atoms with Crippen molar-refractivity contribution in [3.63, 3.8) is 0 Å². The van der Waals surface area contributed by atoms with E-state index in [9.17, 15) is 14.4 Å². The number of carbonyl (C=O) groups excluding carboxylic acids is 3. The maximum Gasteiger partial charge on any atom is 0.308 e. The minimum Gasteiger partial charge on any atom is -0.466 e. The van der Waals surface area contributed by atoms with Crippen molar-refractivity contribution in [1.82, 2.24) is 0 Å². The maximum absolute atomic E-state index is 11.8. The Bertz CT molecular complexity index is 322. The lowest BCUT2D eigenvalue weighted by atomic mass is 9.89. The molecule has 0 amide bonds. The summed E-state index contributed by atoms with van der Waals surface area (Å²) >= 11 is 0. The Kier molecular flexibility index (Phi) is 6.02. The van der Waals surface area contributed by atoms with Gasteiger partial charge in [-0.2, -0.15) is 0 Å². The van der Waals surface area contributed by atoms with Crippen molar-refractivity contribution in [3.8, 4) is 0 Å². The third-order valence-electron chi connectivity index (χ3n) is 3.53. The van der Waals surface area contributed by atoms with Crippen molar-refractivity contribution in [2.75, 3.05) is 6.61 Å². The van der Waals surface area contributed by atoms with Gasteiger partial charge in [-0.3, -0.25) is 14.4 Å². The fraction of sp³-hybridized carbons (Fsp3) is 0.786. The first-order valence-electron chi connectivity index (χ1n) is 6.76. The summed E-state index contributed by atoms with van der Waals surface area (Å²) in [4.78, 5) is 35.0. The molecule has 4 heteroatoms. The van der Waals surface area contributed by atoms with Crippen LogP contribution in [0.4, 0.5) is 0 Å². The molecule has 1 aliphatic rings. The van der Waals surface area contributed by atoms with Gasteiger partial charge in [0.15, 0.2) is 0 Å². The van der Waals surface area contributed by atoms with Gasteiger partial charge < -0.3 is 4.74 Å². The van der Waals surface area contributed by atoms with Gasteiger partial charge >= 0.3 is 5.97 Å². The fourth-order valence-electron chi connectivity index (χ4n) is 2.46. The smallest absolute Gasteiger partial charge is 0.308 e. The van der Waals surface area contributed by atoms with E-state index in [0.29, 0.717) is 25.9 Å². The Hall–Kier alpha value is -1.19. The summed E-state index contributed by atoms with van der Waals surface area (Å²) in [5, 5.41) is 0. The van der Waals surface area contributed by atoms with Crippen molar-refractivity contribution >= 4 is 17.5 Å². The van der Waals surface area contributed by atoms with Crippen molar-refractivity contribution < 1.29 is 19.1 Å². The third-order valence-corrected chi connectivity index (χ3v) is 3.53. The Balaban J connectivity index is 2.67. The van der Waals surface area contributed by atoms with Gasteiger partial charge in [0.2, 0.25) is 0 Å². The lowest BCUT2D eigenvalue weighted by molar-refractivity contribution is -0.149. The number of hydrogen-bond acceptors (Lipinski definition) is 4. The number of Topliss-reactive ketones (excluding diaryl/α,β-unsaturated/α-hetero) is 2. The standard InChI is InChI=1S/C14H22O4/c1-3-18-14(17)11-6-4-5-7-13(16)12(9-8-11)10(2)15/h11-12H,3-9H2,1-2H3. The molecule has 102 valence electrons. The minimum absolute atomic E-state index is 0.0343. The largest absolute Gasteiger partial charge is 0.466 e. The molecule has 2 unspecified atom stereocenters. The second-order valence-electron chi connectivity index (χ2n) is 4.90. The van der Waals surface area contributed by atoms with Crippen molar-refractivity contribution in [1.29, 1.82) is 0 Å². The minimum atomic E-state index is -0.514. The first kappa shape index (κ1) is 14.9. The SMILES string of the molecule is CCOC(=O)C1CCCCC(=O)C(C(C)=O)CC1. The Labute approximate surface area is 108 Å². The highest BCUT2D eigenvalue weighted by Crippen LogP contribution is 2.25. The summed E-state index contributed by atoms with van der Waals surface area (Å²) in [6, 6.07) is 0. The number of ether oxygens (including phenoxy) is 1. The lowest BCUT2D eigenvalue weighted by Gasteiger charge is -2.16. The molecule has 0 radical (unpaired) electrons. The Morgan fingerprint density at radius 1 is 1.22 bits per heavy atom. The van der Waals surface area contributed by atoms with Crippen LogP contribution in [0.3, 0.4) is 0 Å². The van der Waals surface area contributed by atoms with Crippen LogP contribution in [-0.4, -0.2) is 24.1 Å². The molecular weight excluding hydrogens is 232 g/mol. The van der Waals surface area contributed by atoms with Crippen LogP contribution in [0.1, 0.15) is 52.4 Å². The zero-order valence-corrected chi connectivity index (χ0v) is 11.2. The highest BCUT2D eigenvalue weighted by atomic mass is 16.5. The van der Waals surface area contributed by atoms with Crippen LogP contribution >= 0.6 is 0 Å². The number of rotatable bonds is 3. The van der Waals surface area contributed by atoms with E-state index in [2.05, 4.69) is 0 Å². The molecule has 1 saturated carbocycles. The summed E-state index contributed by atoms with van der Waals surface area (Å²) in [5.41, 5.74) is 0.